The van der Waals surface area contributed by atoms with Crippen LogP contribution in [0.4, 0.5) is 26.3 Å². The van der Waals surface area contributed by atoms with Crippen LogP contribution in [0.1, 0.15) is 48.6 Å². The molecule has 2 N–H and O–H groups in total. The summed E-state index contributed by atoms with van der Waals surface area (Å²) in [7, 11) is 0. The van der Waals surface area contributed by atoms with E-state index in [-0.39, 0.29) is 35.8 Å². The molecule has 1 aromatic heterocycles. The van der Waals surface area contributed by atoms with E-state index in [1.807, 2.05) is 0 Å². The molecular weight excluding hydrogens is 410 g/mol. The average molecular weight is 429 g/mol. The monoisotopic (exact) mass is 428 g/mol. The summed E-state index contributed by atoms with van der Waals surface area (Å²) in [5.74, 6) is 0. The summed E-state index contributed by atoms with van der Waals surface area (Å²) < 4.78 is 79.4. The van der Waals surface area contributed by atoms with Crippen molar-refractivity contribution in [2.45, 2.75) is 50.2 Å². The highest BCUT2D eigenvalue weighted by molar-refractivity contribution is 5.86. The third-order valence-corrected chi connectivity index (χ3v) is 4.75. The molecule has 1 aliphatic rings. The number of fused-ring (bicyclic) bond motifs is 1. The molecule has 10 heteroatoms. The SMILES string of the molecule is Cl.OC(CC1CCCCN1)c1cc(C(F)(F)F)nc2c(C(F)(F)F)cccc12. The van der Waals surface area contributed by atoms with Crippen LogP contribution in [0.25, 0.3) is 10.9 Å². The number of aliphatic hydroxyl groups is 1. The van der Waals surface area contributed by atoms with E-state index in [1.165, 1.54) is 6.07 Å². The second-order valence-corrected chi connectivity index (χ2v) is 6.69. The highest BCUT2D eigenvalue weighted by atomic mass is 35.5. The molecule has 0 bridgehead atoms. The number of nitrogens with one attached hydrogen (secondary N) is 1. The number of para-hydroxylation sites is 1. The second kappa shape index (κ2) is 8.42. The fraction of sp³-hybridized carbons (Fsp3) is 0.500. The van der Waals surface area contributed by atoms with Crippen molar-refractivity contribution in [3.8, 4) is 0 Å². The van der Waals surface area contributed by atoms with Crippen molar-refractivity contribution in [2.75, 3.05) is 6.54 Å². The second-order valence-electron chi connectivity index (χ2n) is 6.69. The predicted molar refractivity (Wildman–Crippen MR) is 94.2 cm³/mol. The minimum absolute atomic E-state index is 0. The van der Waals surface area contributed by atoms with Gasteiger partial charge in [-0.25, -0.2) is 4.98 Å². The van der Waals surface area contributed by atoms with E-state index in [2.05, 4.69) is 10.3 Å². The molecule has 3 nitrogen and oxygen atoms in total. The standard InChI is InChI=1S/C18H18F6N2O.ClH/c19-17(20,21)13-6-3-5-11-12(9-15(18(22,23)24)26-16(11)13)14(27)8-10-4-1-2-7-25-10;/h3,5-6,9-10,14,25,27H,1-2,4,7-8H2;1H. The topological polar surface area (TPSA) is 45.1 Å². The summed E-state index contributed by atoms with van der Waals surface area (Å²) in [4.78, 5) is 3.23. The number of pyridine rings is 1. The van der Waals surface area contributed by atoms with Gasteiger partial charge in [-0.1, -0.05) is 18.6 Å². The molecule has 1 aliphatic heterocycles. The van der Waals surface area contributed by atoms with Gasteiger partial charge in [0.15, 0.2) is 0 Å². The maximum absolute atomic E-state index is 13.3. The molecule has 2 atom stereocenters. The normalized spacial score (nSPS) is 19.3. The minimum atomic E-state index is -4.93. The van der Waals surface area contributed by atoms with Gasteiger partial charge in [0.2, 0.25) is 0 Å². The molecule has 156 valence electrons. The summed E-state index contributed by atoms with van der Waals surface area (Å²) in [6, 6.07) is 3.60. The Morgan fingerprint density at radius 2 is 1.82 bits per heavy atom. The summed E-state index contributed by atoms with van der Waals surface area (Å²) >= 11 is 0. The van der Waals surface area contributed by atoms with Gasteiger partial charge in [0, 0.05) is 11.4 Å². The van der Waals surface area contributed by atoms with E-state index >= 15 is 0 Å². The van der Waals surface area contributed by atoms with Crippen molar-refractivity contribution in [2.24, 2.45) is 0 Å². The van der Waals surface area contributed by atoms with Gasteiger partial charge in [-0.05, 0) is 43.5 Å². The van der Waals surface area contributed by atoms with Crippen LogP contribution >= 0.6 is 12.4 Å². The molecule has 2 unspecified atom stereocenters. The fourth-order valence-electron chi connectivity index (χ4n) is 3.45. The number of piperidine rings is 1. The molecule has 0 aliphatic carbocycles. The maximum Gasteiger partial charge on any atom is 0.433 e. The first-order chi connectivity index (χ1) is 12.6. The van der Waals surface area contributed by atoms with Gasteiger partial charge < -0.3 is 10.4 Å². The van der Waals surface area contributed by atoms with E-state index in [1.54, 1.807) is 0 Å². The molecule has 0 amide bonds. The van der Waals surface area contributed by atoms with Crippen LogP contribution in [0.3, 0.4) is 0 Å². The average Bonchev–Trinajstić information content (AvgIpc) is 2.59. The van der Waals surface area contributed by atoms with Crippen LogP contribution in [0.5, 0.6) is 0 Å². The van der Waals surface area contributed by atoms with Crippen molar-refractivity contribution in [1.29, 1.82) is 0 Å². The Balaban J connectivity index is 0.00000280. The Morgan fingerprint density at radius 1 is 1.11 bits per heavy atom. The zero-order valence-corrected chi connectivity index (χ0v) is 15.4. The zero-order valence-electron chi connectivity index (χ0n) is 14.6. The van der Waals surface area contributed by atoms with Crippen molar-refractivity contribution in [1.82, 2.24) is 10.3 Å². The Labute approximate surface area is 163 Å². The van der Waals surface area contributed by atoms with E-state index in [0.29, 0.717) is 12.1 Å². The quantitative estimate of drug-likeness (QED) is 0.655. The summed E-state index contributed by atoms with van der Waals surface area (Å²) in [6.45, 7) is 0.737. The van der Waals surface area contributed by atoms with E-state index in [4.69, 9.17) is 0 Å². The molecule has 2 aromatic rings. The number of aliphatic hydroxyl groups excluding tert-OH is 1. The summed E-state index contributed by atoms with van der Waals surface area (Å²) in [5.41, 5.74) is -3.69. The van der Waals surface area contributed by atoms with Gasteiger partial charge in [0.05, 0.1) is 17.2 Å². The molecule has 0 spiro atoms. The number of benzene rings is 1. The number of hydrogen-bond acceptors (Lipinski definition) is 3. The van der Waals surface area contributed by atoms with Gasteiger partial charge in [-0.2, -0.15) is 26.3 Å². The first-order valence-electron chi connectivity index (χ1n) is 8.57. The molecular formula is C18H19ClF6N2O. The van der Waals surface area contributed by atoms with Crippen LogP contribution in [0, 0.1) is 0 Å². The van der Waals surface area contributed by atoms with E-state index in [9.17, 15) is 31.4 Å². The third kappa shape index (κ3) is 4.87. The number of nitrogens with zero attached hydrogens (tertiary/aromatic N) is 1. The number of hydrogen-bond donors (Lipinski definition) is 2. The number of rotatable bonds is 3. The third-order valence-electron chi connectivity index (χ3n) is 4.75. The maximum atomic E-state index is 13.3. The molecule has 1 fully saturated rings. The molecule has 0 radical (unpaired) electrons. The summed E-state index contributed by atoms with van der Waals surface area (Å²) in [5, 5.41) is 13.6. The molecule has 3 rings (SSSR count). The molecule has 2 heterocycles. The lowest BCUT2D eigenvalue weighted by Gasteiger charge is -2.26. The highest BCUT2D eigenvalue weighted by Gasteiger charge is 2.38. The Kier molecular flexibility index (Phi) is 6.83. The van der Waals surface area contributed by atoms with Gasteiger partial charge >= 0.3 is 12.4 Å². The molecule has 28 heavy (non-hydrogen) atoms. The molecule has 1 saturated heterocycles. The van der Waals surface area contributed by atoms with E-state index < -0.39 is 35.2 Å². The van der Waals surface area contributed by atoms with Crippen LogP contribution in [-0.2, 0) is 12.4 Å². The van der Waals surface area contributed by atoms with Gasteiger partial charge in [0.25, 0.3) is 0 Å². The van der Waals surface area contributed by atoms with Gasteiger partial charge in [-0.3, -0.25) is 0 Å². The van der Waals surface area contributed by atoms with Crippen molar-refractivity contribution in [3.63, 3.8) is 0 Å². The number of aromatic nitrogens is 1. The minimum Gasteiger partial charge on any atom is -0.388 e. The van der Waals surface area contributed by atoms with E-state index in [0.717, 1.165) is 31.9 Å². The lowest BCUT2D eigenvalue weighted by atomic mass is 9.93. The first-order valence-corrected chi connectivity index (χ1v) is 8.57. The predicted octanol–water partition coefficient (Wildman–Crippen LogP) is 5.26. The lowest BCUT2D eigenvalue weighted by molar-refractivity contribution is -0.142. The van der Waals surface area contributed by atoms with Crippen molar-refractivity contribution >= 4 is 23.3 Å². The Hall–Kier alpha value is -1.58. The number of alkyl halides is 6. The number of halogens is 7. The summed E-state index contributed by atoms with van der Waals surface area (Å²) in [6.07, 6.45) is -8.36. The Morgan fingerprint density at radius 3 is 2.39 bits per heavy atom. The highest BCUT2D eigenvalue weighted by Crippen LogP contribution is 2.39. The largest absolute Gasteiger partial charge is 0.433 e. The van der Waals surface area contributed by atoms with Crippen LogP contribution < -0.4 is 5.32 Å². The molecule has 0 saturated carbocycles. The Bertz CT molecular complexity index is 818. The van der Waals surface area contributed by atoms with Crippen LogP contribution in [0.2, 0.25) is 0 Å². The van der Waals surface area contributed by atoms with Gasteiger partial charge in [-0.15, -0.1) is 12.4 Å². The smallest absolute Gasteiger partial charge is 0.388 e. The van der Waals surface area contributed by atoms with Crippen LogP contribution in [0.15, 0.2) is 24.3 Å². The fourth-order valence-corrected chi connectivity index (χ4v) is 3.45. The lowest BCUT2D eigenvalue weighted by Crippen LogP contribution is -2.35. The first kappa shape index (κ1) is 22.7. The zero-order chi connectivity index (χ0) is 19.8. The molecule has 1 aromatic carbocycles. The van der Waals surface area contributed by atoms with Gasteiger partial charge in [0.1, 0.15) is 5.69 Å². The van der Waals surface area contributed by atoms with Crippen molar-refractivity contribution in [3.05, 3.63) is 41.1 Å². The van der Waals surface area contributed by atoms with Crippen molar-refractivity contribution < 1.29 is 31.4 Å². The van der Waals surface area contributed by atoms with Crippen LogP contribution in [-0.4, -0.2) is 22.7 Å².